The standard InChI is InChI=1S/C29H42O6Si3/c1-28(2,34-37(6,7)8)26-15-19-14-21-24(17-23(19)31-26)30-18-29(35-38(9,10)11)22-13-12-20(33-36(3,4)5)16-25(22)32-27(21)29/h12-17,27H,18H2,1-11H3/t27-,29+/m0/s1. The van der Waals surface area contributed by atoms with Crippen LogP contribution in [0.4, 0.5) is 0 Å². The summed E-state index contributed by atoms with van der Waals surface area (Å²) in [6.07, 6.45) is -0.330. The quantitative estimate of drug-likeness (QED) is 0.266. The summed E-state index contributed by atoms with van der Waals surface area (Å²) in [5.41, 5.74) is 1.54. The lowest BCUT2D eigenvalue weighted by Crippen LogP contribution is -2.49. The molecule has 6 nitrogen and oxygen atoms in total. The topological polar surface area (TPSA) is 59.3 Å². The molecule has 0 N–H and O–H groups in total. The Hall–Kier alpha value is -2.05. The molecule has 0 fully saturated rings. The summed E-state index contributed by atoms with van der Waals surface area (Å²) in [6.45, 7) is 24.3. The van der Waals surface area contributed by atoms with Crippen LogP contribution < -0.4 is 13.9 Å². The van der Waals surface area contributed by atoms with Crippen molar-refractivity contribution < 1.29 is 27.2 Å². The highest BCUT2D eigenvalue weighted by Gasteiger charge is 2.57. The molecule has 3 heterocycles. The number of ether oxygens (including phenoxy) is 2. The van der Waals surface area contributed by atoms with Crippen molar-refractivity contribution in [2.24, 2.45) is 0 Å². The Balaban J connectivity index is 1.59. The van der Waals surface area contributed by atoms with Gasteiger partial charge in [-0.3, -0.25) is 0 Å². The monoisotopic (exact) mass is 570 g/mol. The average Bonchev–Trinajstić information content (AvgIpc) is 3.27. The van der Waals surface area contributed by atoms with E-state index in [1.54, 1.807) is 0 Å². The van der Waals surface area contributed by atoms with Crippen LogP contribution in [-0.2, 0) is 20.1 Å². The van der Waals surface area contributed by atoms with Crippen molar-refractivity contribution >= 4 is 35.9 Å². The van der Waals surface area contributed by atoms with Crippen molar-refractivity contribution in [1.29, 1.82) is 0 Å². The molecule has 0 aliphatic carbocycles. The molecule has 0 bridgehead atoms. The van der Waals surface area contributed by atoms with Gasteiger partial charge in [0.2, 0.25) is 8.32 Å². The highest BCUT2D eigenvalue weighted by molar-refractivity contribution is 6.70. The minimum absolute atomic E-state index is 0.330. The molecular formula is C29H42O6Si3. The van der Waals surface area contributed by atoms with Gasteiger partial charge >= 0.3 is 0 Å². The van der Waals surface area contributed by atoms with E-state index in [1.165, 1.54) is 0 Å². The van der Waals surface area contributed by atoms with Crippen molar-refractivity contribution in [2.45, 2.75) is 90.1 Å². The third kappa shape index (κ3) is 5.23. The second-order valence-corrected chi connectivity index (χ2v) is 27.3. The van der Waals surface area contributed by atoms with Crippen LogP contribution in [0.1, 0.15) is 36.8 Å². The van der Waals surface area contributed by atoms with Crippen LogP contribution in [0.15, 0.2) is 40.8 Å². The molecule has 2 aromatic carbocycles. The maximum Gasteiger partial charge on any atom is 0.242 e. The molecule has 0 saturated heterocycles. The van der Waals surface area contributed by atoms with E-state index < -0.39 is 36.2 Å². The van der Waals surface area contributed by atoms with E-state index in [4.69, 9.17) is 27.2 Å². The maximum absolute atomic E-state index is 6.96. The van der Waals surface area contributed by atoms with Crippen LogP contribution in [0.25, 0.3) is 11.0 Å². The first-order valence-corrected chi connectivity index (χ1v) is 23.7. The molecule has 1 aromatic heterocycles. The van der Waals surface area contributed by atoms with E-state index >= 15 is 0 Å². The number of hydrogen-bond donors (Lipinski definition) is 0. The summed E-state index contributed by atoms with van der Waals surface area (Å²) >= 11 is 0. The Labute approximate surface area is 230 Å². The fourth-order valence-corrected chi connectivity index (χ4v) is 9.43. The molecule has 38 heavy (non-hydrogen) atoms. The fraction of sp³-hybridized carbons (Fsp3) is 0.517. The van der Waals surface area contributed by atoms with Crippen molar-refractivity contribution in [1.82, 2.24) is 0 Å². The van der Waals surface area contributed by atoms with Crippen LogP contribution >= 0.6 is 0 Å². The predicted octanol–water partition coefficient (Wildman–Crippen LogP) is 8.31. The molecule has 3 aromatic rings. The summed E-state index contributed by atoms with van der Waals surface area (Å²) in [7, 11) is -5.54. The zero-order valence-corrected chi connectivity index (χ0v) is 27.7. The van der Waals surface area contributed by atoms with Crippen LogP contribution in [0.3, 0.4) is 0 Å². The van der Waals surface area contributed by atoms with Gasteiger partial charge in [0.05, 0.1) is 0 Å². The number of rotatable bonds is 7. The number of hydrogen-bond acceptors (Lipinski definition) is 6. The lowest BCUT2D eigenvalue weighted by Gasteiger charge is -2.42. The maximum atomic E-state index is 6.96. The molecule has 5 rings (SSSR count). The SMILES string of the molecule is CC(C)(O[Si](C)(C)C)c1cc2cc3c(cc2o1)OC[C@@]1(O[Si](C)(C)C)c2ccc(O[Si](C)(C)C)cc2O[C@@H]31. The van der Waals surface area contributed by atoms with Crippen molar-refractivity contribution in [3.8, 4) is 17.2 Å². The van der Waals surface area contributed by atoms with E-state index in [0.717, 1.165) is 45.1 Å². The van der Waals surface area contributed by atoms with Gasteiger partial charge in [-0.25, -0.2) is 0 Å². The van der Waals surface area contributed by atoms with Gasteiger partial charge in [0.25, 0.3) is 0 Å². The Morgan fingerprint density at radius 2 is 1.55 bits per heavy atom. The molecule has 206 valence electrons. The predicted molar refractivity (Wildman–Crippen MR) is 159 cm³/mol. The van der Waals surface area contributed by atoms with Gasteiger partial charge in [-0.15, -0.1) is 0 Å². The van der Waals surface area contributed by atoms with Crippen LogP contribution in [0, 0.1) is 0 Å². The zero-order chi connectivity index (χ0) is 27.9. The molecule has 0 unspecified atom stereocenters. The summed E-state index contributed by atoms with van der Waals surface area (Å²) in [5, 5.41) is 1.00. The summed E-state index contributed by atoms with van der Waals surface area (Å²) in [5.74, 6) is 3.22. The van der Waals surface area contributed by atoms with E-state index in [2.05, 4.69) is 91.0 Å². The zero-order valence-electron chi connectivity index (χ0n) is 24.7. The molecule has 0 amide bonds. The molecule has 2 aliphatic rings. The van der Waals surface area contributed by atoms with Crippen LogP contribution in [0.2, 0.25) is 58.9 Å². The number of benzene rings is 2. The first-order valence-electron chi connectivity index (χ1n) is 13.5. The Kier molecular flexibility index (Phi) is 6.32. The summed E-state index contributed by atoms with van der Waals surface area (Å²) in [6, 6.07) is 12.4. The fourth-order valence-electron chi connectivity index (χ4n) is 5.60. The largest absolute Gasteiger partial charge is 0.544 e. The molecule has 2 atom stereocenters. The second-order valence-electron chi connectivity index (χ2n) is 14.0. The van der Waals surface area contributed by atoms with Crippen molar-refractivity contribution in [2.75, 3.05) is 6.61 Å². The molecule has 2 aliphatic heterocycles. The Morgan fingerprint density at radius 3 is 2.18 bits per heavy atom. The van der Waals surface area contributed by atoms with E-state index in [0.29, 0.717) is 6.61 Å². The van der Waals surface area contributed by atoms with Gasteiger partial charge in [0, 0.05) is 28.6 Å². The van der Waals surface area contributed by atoms with Crippen molar-refractivity contribution in [3.05, 3.63) is 53.3 Å². The van der Waals surface area contributed by atoms with Crippen LogP contribution in [0.5, 0.6) is 17.2 Å². The highest BCUT2D eigenvalue weighted by Crippen LogP contribution is 2.57. The smallest absolute Gasteiger partial charge is 0.242 e. The normalized spacial score (nSPS) is 21.4. The third-order valence-electron chi connectivity index (χ3n) is 6.52. The van der Waals surface area contributed by atoms with Gasteiger partial charge in [-0.2, -0.15) is 0 Å². The van der Waals surface area contributed by atoms with Gasteiger partial charge in [0.1, 0.15) is 40.8 Å². The van der Waals surface area contributed by atoms with E-state index in [-0.39, 0.29) is 6.10 Å². The lowest BCUT2D eigenvalue weighted by molar-refractivity contribution is -0.0720. The van der Waals surface area contributed by atoms with Gasteiger partial charge in [-0.1, -0.05) is 0 Å². The third-order valence-corrected chi connectivity index (χ3v) is 9.47. The first-order chi connectivity index (χ1) is 17.4. The van der Waals surface area contributed by atoms with Gasteiger partial charge in [-0.05, 0) is 97.0 Å². The molecule has 0 spiro atoms. The lowest BCUT2D eigenvalue weighted by atomic mass is 9.84. The minimum Gasteiger partial charge on any atom is -0.544 e. The minimum atomic E-state index is -1.99. The van der Waals surface area contributed by atoms with E-state index in [1.807, 2.05) is 18.2 Å². The van der Waals surface area contributed by atoms with Gasteiger partial charge < -0.3 is 27.2 Å². The van der Waals surface area contributed by atoms with Crippen molar-refractivity contribution in [3.63, 3.8) is 0 Å². The number of furan rings is 1. The summed E-state index contributed by atoms with van der Waals surface area (Å²) in [4.78, 5) is 0. The van der Waals surface area contributed by atoms with E-state index in [9.17, 15) is 0 Å². The number of fused-ring (bicyclic) bond motifs is 6. The molecule has 9 heteroatoms. The van der Waals surface area contributed by atoms with Gasteiger partial charge in [0.15, 0.2) is 28.3 Å². The molecule has 0 saturated carbocycles. The first kappa shape index (κ1) is 27.5. The highest BCUT2D eigenvalue weighted by atomic mass is 28.4. The van der Waals surface area contributed by atoms with Crippen LogP contribution in [-0.4, -0.2) is 31.6 Å². The Morgan fingerprint density at radius 1 is 0.842 bits per heavy atom. The summed E-state index contributed by atoms with van der Waals surface area (Å²) < 4.78 is 39.2. The Bertz CT molecular complexity index is 1380. The molecule has 0 radical (unpaired) electrons. The average molecular weight is 571 g/mol. The molecular weight excluding hydrogens is 529 g/mol. The second kappa shape index (κ2) is 8.72.